The summed E-state index contributed by atoms with van der Waals surface area (Å²) in [6.45, 7) is 10.5. The number of phenols is 2. The number of rotatable bonds is 8. The van der Waals surface area contributed by atoms with Crippen molar-refractivity contribution in [1.82, 2.24) is 0 Å². The van der Waals surface area contributed by atoms with E-state index >= 15 is 0 Å². The zero-order valence-electron chi connectivity index (χ0n) is 15.6. The highest BCUT2D eigenvalue weighted by Crippen LogP contribution is 2.42. The smallest absolute Gasteiger partial charge is 0.145 e. The van der Waals surface area contributed by atoms with Crippen LogP contribution in [0.1, 0.15) is 70.1 Å². The van der Waals surface area contributed by atoms with Crippen LogP contribution in [0.2, 0.25) is 5.02 Å². The SMILES string of the molecule is CC/C=C\c1c(C)c(Cl)c(O)c(/C=C/C(C)CCCC(C)C)c1O. The number of hydrogen-bond acceptors (Lipinski definition) is 2. The van der Waals surface area contributed by atoms with Crippen molar-refractivity contribution in [3.8, 4) is 11.5 Å². The first-order valence-corrected chi connectivity index (χ1v) is 9.26. The van der Waals surface area contributed by atoms with Gasteiger partial charge in [0, 0.05) is 5.56 Å². The summed E-state index contributed by atoms with van der Waals surface area (Å²) < 4.78 is 0. The van der Waals surface area contributed by atoms with Gasteiger partial charge in [-0.15, -0.1) is 0 Å². The lowest BCUT2D eigenvalue weighted by Gasteiger charge is -2.13. The van der Waals surface area contributed by atoms with Crippen LogP contribution in [-0.4, -0.2) is 10.2 Å². The van der Waals surface area contributed by atoms with E-state index in [1.807, 2.05) is 25.2 Å². The Bertz CT molecular complexity index is 601. The highest BCUT2D eigenvalue weighted by atomic mass is 35.5. The molecule has 0 amide bonds. The quantitative estimate of drug-likeness (QED) is 0.532. The van der Waals surface area contributed by atoms with Crippen LogP contribution in [0.4, 0.5) is 0 Å². The molecule has 0 spiro atoms. The van der Waals surface area contributed by atoms with Crippen molar-refractivity contribution in [1.29, 1.82) is 0 Å². The first kappa shape index (κ1) is 20.6. The van der Waals surface area contributed by atoms with Gasteiger partial charge in [-0.3, -0.25) is 0 Å². The van der Waals surface area contributed by atoms with Crippen molar-refractivity contribution in [2.24, 2.45) is 11.8 Å². The van der Waals surface area contributed by atoms with Gasteiger partial charge in [0.1, 0.15) is 11.5 Å². The van der Waals surface area contributed by atoms with Crippen LogP contribution in [0, 0.1) is 18.8 Å². The second-order valence-corrected chi connectivity index (χ2v) is 7.31. The Morgan fingerprint density at radius 1 is 1.00 bits per heavy atom. The summed E-state index contributed by atoms with van der Waals surface area (Å²) in [6.07, 6.45) is 12.0. The maximum Gasteiger partial charge on any atom is 0.145 e. The summed E-state index contributed by atoms with van der Waals surface area (Å²) >= 11 is 6.24. The molecule has 2 N–H and O–H groups in total. The van der Waals surface area contributed by atoms with Crippen molar-refractivity contribution in [2.75, 3.05) is 0 Å². The summed E-state index contributed by atoms with van der Waals surface area (Å²) in [7, 11) is 0. The molecule has 1 atom stereocenters. The van der Waals surface area contributed by atoms with Crippen LogP contribution in [-0.2, 0) is 0 Å². The van der Waals surface area contributed by atoms with Crippen LogP contribution in [0.3, 0.4) is 0 Å². The van der Waals surface area contributed by atoms with Crippen LogP contribution in [0.25, 0.3) is 12.2 Å². The lowest BCUT2D eigenvalue weighted by molar-refractivity contribution is 0.446. The number of allylic oxidation sites excluding steroid dienone is 2. The number of phenolic OH excluding ortho intramolecular Hbond substituents is 2. The lowest BCUT2D eigenvalue weighted by atomic mass is 9.97. The summed E-state index contributed by atoms with van der Waals surface area (Å²) in [5.41, 5.74) is 1.77. The number of hydrogen-bond donors (Lipinski definition) is 2. The van der Waals surface area contributed by atoms with Crippen molar-refractivity contribution < 1.29 is 10.2 Å². The van der Waals surface area contributed by atoms with Gasteiger partial charge in [0.15, 0.2) is 0 Å². The highest BCUT2D eigenvalue weighted by molar-refractivity contribution is 6.33. The molecule has 0 radical (unpaired) electrons. The van der Waals surface area contributed by atoms with Gasteiger partial charge in [0.05, 0.1) is 10.6 Å². The average molecular weight is 351 g/mol. The maximum absolute atomic E-state index is 10.5. The van der Waals surface area contributed by atoms with E-state index in [9.17, 15) is 10.2 Å². The van der Waals surface area contributed by atoms with E-state index < -0.39 is 0 Å². The number of benzene rings is 1. The van der Waals surface area contributed by atoms with Crippen LogP contribution in [0.15, 0.2) is 12.2 Å². The predicted molar refractivity (Wildman–Crippen MR) is 106 cm³/mol. The van der Waals surface area contributed by atoms with E-state index in [0.29, 0.717) is 27.6 Å². The molecule has 0 aliphatic carbocycles. The molecule has 0 saturated heterocycles. The van der Waals surface area contributed by atoms with Crippen molar-refractivity contribution in [3.05, 3.63) is 33.9 Å². The van der Waals surface area contributed by atoms with Gasteiger partial charge in [-0.1, -0.05) is 76.4 Å². The molecular weight excluding hydrogens is 320 g/mol. The molecule has 2 nitrogen and oxygen atoms in total. The Morgan fingerprint density at radius 2 is 1.67 bits per heavy atom. The molecule has 0 aliphatic heterocycles. The first-order chi connectivity index (χ1) is 11.3. The molecule has 0 fully saturated rings. The van der Waals surface area contributed by atoms with Crippen LogP contribution < -0.4 is 0 Å². The molecule has 1 aromatic rings. The third kappa shape index (κ3) is 5.59. The van der Waals surface area contributed by atoms with Gasteiger partial charge in [0.2, 0.25) is 0 Å². The molecule has 0 aliphatic rings. The number of halogens is 1. The second-order valence-electron chi connectivity index (χ2n) is 6.94. The minimum absolute atomic E-state index is 0.0501. The van der Waals surface area contributed by atoms with Gasteiger partial charge in [-0.05, 0) is 37.2 Å². The van der Waals surface area contributed by atoms with E-state index in [-0.39, 0.29) is 11.5 Å². The van der Waals surface area contributed by atoms with E-state index in [1.54, 1.807) is 13.0 Å². The summed E-state index contributed by atoms with van der Waals surface area (Å²) in [6, 6.07) is 0. The first-order valence-electron chi connectivity index (χ1n) is 8.88. The van der Waals surface area contributed by atoms with Crippen molar-refractivity contribution in [2.45, 2.75) is 60.3 Å². The monoisotopic (exact) mass is 350 g/mol. The maximum atomic E-state index is 10.5. The minimum atomic E-state index is -0.0501. The third-order valence-electron chi connectivity index (χ3n) is 4.26. The zero-order valence-corrected chi connectivity index (χ0v) is 16.3. The third-order valence-corrected chi connectivity index (χ3v) is 4.72. The van der Waals surface area contributed by atoms with E-state index in [1.165, 1.54) is 12.8 Å². The fourth-order valence-electron chi connectivity index (χ4n) is 2.65. The predicted octanol–water partition coefficient (Wildman–Crippen LogP) is 6.96. The highest BCUT2D eigenvalue weighted by Gasteiger charge is 2.17. The summed E-state index contributed by atoms with van der Waals surface area (Å²) in [4.78, 5) is 0. The standard InChI is InChI=1S/C21H31ClO2/c1-6-7-11-17-16(5)19(22)21(24)18(20(17)23)13-12-15(4)10-8-9-14(2)3/h7,11-15,23-24H,6,8-10H2,1-5H3/b11-7-,13-12+. The van der Waals surface area contributed by atoms with E-state index in [2.05, 4.69) is 20.8 Å². The average Bonchev–Trinajstić information content (AvgIpc) is 2.52. The van der Waals surface area contributed by atoms with Gasteiger partial charge >= 0.3 is 0 Å². The Hall–Kier alpha value is -1.41. The number of aromatic hydroxyl groups is 2. The molecule has 1 aromatic carbocycles. The van der Waals surface area contributed by atoms with E-state index in [0.717, 1.165) is 18.8 Å². The Kier molecular flexibility index (Phi) is 8.41. The molecule has 0 aromatic heterocycles. The molecule has 0 saturated carbocycles. The van der Waals surface area contributed by atoms with Gasteiger partial charge in [-0.2, -0.15) is 0 Å². The molecule has 1 rings (SSSR count). The second kappa shape index (κ2) is 9.78. The topological polar surface area (TPSA) is 40.5 Å². The fourth-order valence-corrected chi connectivity index (χ4v) is 2.85. The largest absolute Gasteiger partial charge is 0.507 e. The normalized spacial score (nSPS) is 13.5. The van der Waals surface area contributed by atoms with Gasteiger partial charge in [-0.25, -0.2) is 0 Å². The van der Waals surface area contributed by atoms with Gasteiger partial charge < -0.3 is 10.2 Å². The molecule has 3 heteroatoms. The summed E-state index contributed by atoms with van der Waals surface area (Å²) in [5.74, 6) is 1.14. The molecule has 134 valence electrons. The summed E-state index contributed by atoms with van der Waals surface area (Å²) in [5, 5.41) is 21.1. The van der Waals surface area contributed by atoms with Crippen molar-refractivity contribution in [3.63, 3.8) is 0 Å². The van der Waals surface area contributed by atoms with Gasteiger partial charge in [0.25, 0.3) is 0 Å². The molecule has 24 heavy (non-hydrogen) atoms. The fraction of sp³-hybridized carbons (Fsp3) is 0.524. The minimum Gasteiger partial charge on any atom is -0.507 e. The Balaban J connectivity index is 3.04. The Labute approximate surface area is 151 Å². The lowest BCUT2D eigenvalue weighted by Crippen LogP contribution is -1.94. The van der Waals surface area contributed by atoms with Crippen LogP contribution in [0.5, 0.6) is 11.5 Å². The zero-order chi connectivity index (χ0) is 18.3. The van der Waals surface area contributed by atoms with Crippen LogP contribution >= 0.6 is 11.6 Å². The van der Waals surface area contributed by atoms with Crippen molar-refractivity contribution >= 4 is 23.8 Å². The molecular formula is C21H31ClO2. The molecule has 1 unspecified atom stereocenters. The Morgan fingerprint density at radius 3 is 2.25 bits per heavy atom. The molecule has 0 heterocycles. The molecule has 0 bridgehead atoms. The van der Waals surface area contributed by atoms with E-state index in [4.69, 9.17) is 11.6 Å².